The number of rotatable bonds is 4. The Labute approximate surface area is 99.5 Å². The Balaban J connectivity index is 1.98. The normalized spacial score (nSPS) is 17.3. The van der Waals surface area contributed by atoms with Crippen LogP contribution in [0.3, 0.4) is 0 Å². The van der Waals surface area contributed by atoms with Crippen LogP contribution in [0.1, 0.15) is 12.8 Å². The van der Waals surface area contributed by atoms with Crippen molar-refractivity contribution in [3.05, 3.63) is 18.7 Å². The van der Waals surface area contributed by atoms with Crippen molar-refractivity contribution in [1.82, 2.24) is 19.6 Å². The molecule has 2 N–H and O–H groups in total. The maximum atomic E-state index is 5.86. The molecule has 0 spiro atoms. The first kappa shape index (κ1) is 10.5. The molecule has 0 bridgehead atoms. The zero-order valence-electron chi connectivity index (χ0n) is 9.82. The third-order valence-electron chi connectivity index (χ3n) is 3.44. The molecule has 0 aliphatic heterocycles. The van der Waals surface area contributed by atoms with Crippen molar-refractivity contribution in [1.29, 1.82) is 0 Å². The van der Waals surface area contributed by atoms with Crippen LogP contribution in [0.5, 0.6) is 0 Å². The van der Waals surface area contributed by atoms with E-state index in [-0.39, 0.29) is 0 Å². The highest BCUT2D eigenvalue weighted by Gasteiger charge is 2.34. The molecule has 90 valence electrons. The van der Waals surface area contributed by atoms with E-state index in [0.29, 0.717) is 18.5 Å². The van der Waals surface area contributed by atoms with Crippen molar-refractivity contribution >= 4 is 11.5 Å². The molecular formula is C11H16N6. The standard InChI is InChI=1S/C11H16N6/c1-16(9(6-12)8-2-3-8)10-11-15-14-7-17(11)5-4-13-10/h4-5,7-9H,2-3,6,12H2,1H3. The van der Waals surface area contributed by atoms with E-state index in [1.807, 2.05) is 17.6 Å². The van der Waals surface area contributed by atoms with Gasteiger partial charge in [0, 0.05) is 32.0 Å². The van der Waals surface area contributed by atoms with Gasteiger partial charge in [-0.25, -0.2) is 4.98 Å². The zero-order valence-corrected chi connectivity index (χ0v) is 9.82. The van der Waals surface area contributed by atoms with E-state index < -0.39 is 0 Å². The Kier molecular flexibility index (Phi) is 2.44. The average molecular weight is 232 g/mol. The van der Waals surface area contributed by atoms with Gasteiger partial charge < -0.3 is 10.6 Å². The molecule has 2 aromatic rings. The molecule has 0 radical (unpaired) electrons. The Bertz CT molecular complexity index is 517. The van der Waals surface area contributed by atoms with Crippen LogP contribution in [-0.4, -0.2) is 39.2 Å². The van der Waals surface area contributed by atoms with Crippen LogP contribution in [0.2, 0.25) is 0 Å². The number of likely N-dealkylation sites (N-methyl/N-ethyl adjacent to an activating group) is 1. The van der Waals surface area contributed by atoms with E-state index >= 15 is 0 Å². The molecule has 2 aromatic heterocycles. The molecule has 2 heterocycles. The summed E-state index contributed by atoms with van der Waals surface area (Å²) in [6.07, 6.45) is 7.83. The van der Waals surface area contributed by atoms with Gasteiger partial charge in [-0.15, -0.1) is 10.2 Å². The molecule has 17 heavy (non-hydrogen) atoms. The lowest BCUT2D eigenvalue weighted by atomic mass is 10.1. The zero-order chi connectivity index (χ0) is 11.8. The van der Waals surface area contributed by atoms with Gasteiger partial charge in [0.05, 0.1) is 0 Å². The minimum atomic E-state index is 0.352. The van der Waals surface area contributed by atoms with Crippen LogP contribution in [-0.2, 0) is 0 Å². The molecule has 1 saturated carbocycles. The smallest absolute Gasteiger partial charge is 0.203 e. The monoisotopic (exact) mass is 232 g/mol. The van der Waals surface area contributed by atoms with Gasteiger partial charge in [0.2, 0.25) is 5.65 Å². The van der Waals surface area contributed by atoms with Gasteiger partial charge in [0.15, 0.2) is 5.82 Å². The summed E-state index contributed by atoms with van der Waals surface area (Å²) in [5.74, 6) is 1.56. The molecule has 1 aliphatic carbocycles. The molecule has 1 aliphatic rings. The lowest BCUT2D eigenvalue weighted by molar-refractivity contribution is 0.566. The second kappa shape index (κ2) is 3.96. The summed E-state index contributed by atoms with van der Waals surface area (Å²) in [4.78, 5) is 6.55. The quantitative estimate of drug-likeness (QED) is 0.820. The lowest BCUT2D eigenvalue weighted by Gasteiger charge is -2.27. The van der Waals surface area contributed by atoms with Crippen LogP contribution in [0.4, 0.5) is 5.82 Å². The summed E-state index contributed by atoms with van der Waals surface area (Å²) in [7, 11) is 2.03. The highest BCUT2D eigenvalue weighted by Crippen LogP contribution is 2.36. The molecule has 1 fully saturated rings. The average Bonchev–Trinajstić information content (AvgIpc) is 3.06. The van der Waals surface area contributed by atoms with Crippen LogP contribution in [0, 0.1) is 5.92 Å². The highest BCUT2D eigenvalue weighted by atomic mass is 15.3. The fourth-order valence-corrected chi connectivity index (χ4v) is 2.30. The fourth-order valence-electron chi connectivity index (χ4n) is 2.30. The van der Waals surface area contributed by atoms with Crippen molar-refractivity contribution in [2.24, 2.45) is 11.7 Å². The minimum Gasteiger partial charge on any atom is -0.352 e. The van der Waals surface area contributed by atoms with E-state index in [9.17, 15) is 0 Å². The van der Waals surface area contributed by atoms with Crippen molar-refractivity contribution in [2.75, 3.05) is 18.5 Å². The number of fused-ring (bicyclic) bond motifs is 1. The van der Waals surface area contributed by atoms with Crippen molar-refractivity contribution in [3.63, 3.8) is 0 Å². The minimum absolute atomic E-state index is 0.352. The Morgan fingerprint density at radius 1 is 1.59 bits per heavy atom. The molecule has 1 atom stereocenters. The van der Waals surface area contributed by atoms with Gasteiger partial charge in [-0.3, -0.25) is 4.40 Å². The summed E-state index contributed by atoms with van der Waals surface area (Å²) in [6, 6.07) is 0.352. The summed E-state index contributed by atoms with van der Waals surface area (Å²) >= 11 is 0. The van der Waals surface area contributed by atoms with Crippen LogP contribution < -0.4 is 10.6 Å². The Morgan fingerprint density at radius 3 is 3.12 bits per heavy atom. The Morgan fingerprint density at radius 2 is 2.41 bits per heavy atom. The molecule has 3 rings (SSSR count). The second-order valence-corrected chi connectivity index (χ2v) is 4.56. The molecule has 0 amide bonds. The summed E-state index contributed by atoms with van der Waals surface area (Å²) in [6.45, 7) is 0.651. The largest absolute Gasteiger partial charge is 0.352 e. The van der Waals surface area contributed by atoms with Crippen LogP contribution in [0.15, 0.2) is 18.7 Å². The summed E-state index contributed by atoms with van der Waals surface area (Å²) in [5.41, 5.74) is 6.65. The Hall–Kier alpha value is -1.69. The topological polar surface area (TPSA) is 72.3 Å². The predicted molar refractivity (Wildman–Crippen MR) is 64.8 cm³/mol. The number of nitrogens with zero attached hydrogens (tertiary/aromatic N) is 5. The van der Waals surface area contributed by atoms with E-state index in [1.165, 1.54) is 12.8 Å². The first-order valence-electron chi connectivity index (χ1n) is 5.88. The third-order valence-corrected chi connectivity index (χ3v) is 3.44. The van der Waals surface area contributed by atoms with Crippen molar-refractivity contribution in [3.8, 4) is 0 Å². The number of aromatic nitrogens is 4. The van der Waals surface area contributed by atoms with Gasteiger partial charge in [-0.1, -0.05) is 0 Å². The van der Waals surface area contributed by atoms with Gasteiger partial charge >= 0.3 is 0 Å². The molecular weight excluding hydrogens is 216 g/mol. The first-order valence-corrected chi connectivity index (χ1v) is 5.88. The van der Waals surface area contributed by atoms with E-state index in [1.54, 1.807) is 12.5 Å². The second-order valence-electron chi connectivity index (χ2n) is 4.56. The van der Waals surface area contributed by atoms with Crippen LogP contribution in [0.25, 0.3) is 5.65 Å². The molecule has 0 saturated heterocycles. The predicted octanol–water partition coefficient (Wildman–Crippen LogP) is 0.298. The number of anilines is 1. The fraction of sp³-hybridized carbons (Fsp3) is 0.545. The summed E-state index contributed by atoms with van der Waals surface area (Å²) < 4.78 is 1.87. The van der Waals surface area contributed by atoms with E-state index in [2.05, 4.69) is 20.1 Å². The maximum Gasteiger partial charge on any atom is 0.203 e. The van der Waals surface area contributed by atoms with Gasteiger partial charge in [-0.2, -0.15) is 0 Å². The van der Waals surface area contributed by atoms with Gasteiger partial charge in [-0.05, 0) is 18.8 Å². The number of hydrogen-bond donors (Lipinski definition) is 1. The van der Waals surface area contributed by atoms with E-state index in [0.717, 1.165) is 11.5 Å². The lowest BCUT2D eigenvalue weighted by Crippen LogP contribution is -2.40. The number of nitrogens with two attached hydrogens (primary N) is 1. The van der Waals surface area contributed by atoms with Crippen molar-refractivity contribution in [2.45, 2.75) is 18.9 Å². The molecule has 6 heteroatoms. The van der Waals surface area contributed by atoms with Gasteiger partial charge in [0.25, 0.3) is 0 Å². The first-order chi connectivity index (χ1) is 8.31. The van der Waals surface area contributed by atoms with Crippen LogP contribution >= 0.6 is 0 Å². The van der Waals surface area contributed by atoms with Crippen molar-refractivity contribution < 1.29 is 0 Å². The van der Waals surface area contributed by atoms with E-state index in [4.69, 9.17) is 5.73 Å². The summed E-state index contributed by atoms with van der Waals surface area (Å²) in [5, 5.41) is 8.01. The SMILES string of the molecule is CN(c1nccn2cnnc12)C(CN)C1CC1. The molecule has 0 aromatic carbocycles. The van der Waals surface area contributed by atoms with Gasteiger partial charge in [0.1, 0.15) is 6.33 Å². The maximum absolute atomic E-state index is 5.86. The third kappa shape index (κ3) is 1.74. The molecule has 6 nitrogen and oxygen atoms in total. The molecule has 1 unspecified atom stereocenters. The highest BCUT2D eigenvalue weighted by molar-refractivity contribution is 5.63. The number of hydrogen-bond acceptors (Lipinski definition) is 5.